The van der Waals surface area contributed by atoms with Gasteiger partial charge in [0.2, 0.25) is 0 Å². The van der Waals surface area contributed by atoms with Crippen LogP contribution in [0.3, 0.4) is 0 Å². The highest BCUT2D eigenvalue weighted by Gasteiger charge is 2.17. The van der Waals surface area contributed by atoms with E-state index in [1.54, 1.807) is 12.1 Å². The van der Waals surface area contributed by atoms with Crippen LogP contribution in [0, 0.1) is 6.92 Å². The Morgan fingerprint density at radius 2 is 1.67 bits per heavy atom. The van der Waals surface area contributed by atoms with Crippen LogP contribution in [0.15, 0.2) is 54.6 Å². The van der Waals surface area contributed by atoms with E-state index in [0.29, 0.717) is 5.56 Å². The number of carbonyl (C=O) groups excluding carboxylic acids is 1. The number of hydrogen-bond donors (Lipinski definition) is 1. The molecule has 0 saturated heterocycles. The van der Waals surface area contributed by atoms with Crippen LogP contribution in [0.2, 0.25) is 0 Å². The summed E-state index contributed by atoms with van der Waals surface area (Å²) in [6.45, 7) is 1.97. The van der Waals surface area contributed by atoms with E-state index < -0.39 is 6.10 Å². The van der Waals surface area contributed by atoms with Crippen LogP contribution in [-0.4, -0.2) is 10.9 Å². The van der Waals surface area contributed by atoms with Gasteiger partial charge in [-0.3, -0.25) is 4.79 Å². The van der Waals surface area contributed by atoms with E-state index in [-0.39, 0.29) is 12.2 Å². The number of benzene rings is 2. The Morgan fingerprint density at radius 3 is 2.28 bits per heavy atom. The molecule has 0 spiro atoms. The number of aryl methyl sites for hydroxylation is 1. The van der Waals surface area contributed by atoms with Gasteiger partial charge < -0.3 is 5.11 Å². The van der Waals surface area contributed by atoms with Crippen molar-refractivity contribution in [3.05, 3.63) is 71.3 Å². The smallest absolute Gasteiger partial charge is 0.170 e. The Kier molecular flexibility index (Phi) is 3.90. The molecule has 2 nitrogen and oxygen atoms in total. The number of ketones is 1. The molecule has 1 atom stereocenters. The first-order valence-corrected chi connectivity index (χ1v) is 5.98. The monoisotopic (exact) mass is 240 g/mol. The highest BCUT2D eigenvalue weighted by molar-refractivity contribution is 5.86. The second kappa shape index (κ2) is 5.61. The van der Waals surface area contributed by atoms with Gasteiger partial charge in [0, 0.05) is 6.42 Å². The topological polar surface area (TPSA) is 37.3 Å². The number of rotatable bonds is 4. The average molecular weight is 240 g/mol. The fourth-order valence-corrected chi connectivity index (χ4v) is 1.83. The van der Waals surface area contributed by atoms with Crippen molar-refractivity contribution in [1.29, 1.82) is 0 Å². The zero-order chi connectivity index (χ0) is 13.0. The maximum Gasteiger partial charge on any atom is 0.170 e. The second-order valence-electron chi connectivity index (χ2n) is 4.44. The molecule has 0 bridgehead atoms. The Morgan fingerprint density at radius 1 is 1.06 bits per heavy atom. The Bertz CT molecular complexity index is 515. The fourth-order valence-electron chi connectivity index (χ4n) is 1.83. The van der Waals surface area contributed by atoms with Gasteiger partial charge in [0.1, 0.15) is 6.10 Å². The number of hydrogen-bond acceptors (Lipinski definition) is 2. The van der Waals surface area contributed by atoms with Crippen LogP contribution in [0.5, 0.6) is 0 Å². The van der Waals surface area contributed by atoms with Crippen LogP contribution in [-0.2, 0) is 11.2 Å². The Hall–Kier alpha value is -1.93. The SMILES string of the molecule is Cc1ccc([C@@H](O)C(=O)Cc2ccccc2)cc1. The van der Waals surface area contributed by atoms with Gasteiger partial charge in [-0.1, -0.05) is 60.2 Å². The molecule has 0 aliphatic carbocycles. The van der Waals surface area contributed by atoms with E-state index in [1.165, 1.54) is 0 Å². The van der Waals surface area contributed by atoms with Crippen molar-refractivity contribution in [1.82, 2.24) is 0 Å². The summed E-state index contributed by atoms with van der Waals surface area (Å²) in [6.07, 6.45) is -0.776. The first-order valence-electron chi connectivity index (χ1n) is 5.98. The van der Waals surface area contributed by atoms with E-state index in [4.69, 9.17) is 0 Å². The van der Waals surface area contributed by atoms with Gasteiger partial charge in [-0.2, -0.15) is 0 Å². The minimum atomic E-state index is -1.04. The van der Waals surface area contributed by atoms with E-state index in [9.17, 15) is 9.90 Å². The summed E-state index contributed by atoms with van der Waals surface area (Å²) in [6, 6.07) is 16.8. The molecular weight excluding hydrogens is 224 g/mol. The predicted molar refractivity (Wildman–Crippen MR) is 71.3 cm³/mol. The molecule has 2 aromatic rings. The first kappa shape index (κ1) is 12.5. The second-order valence-corrected chi connectivity index (χ2v) is 4.44. The molecule has 0 aromatic heterocycles. The highest BCUT2D eigenvalue weighted by atomic mass is 16.3. The molecule has 0 heterocycles. The van der Waals surface area contributed by atoms with E-state index in [1.807, 2.05) is 49.4 Å². The first-order chi connectivity index (χ1) is 8.66. The van der Waals surface area contributed by atoms with Gasteiger partial charge in [0.05, 0.1) is 0 Å². The summed E-state index contributed by atoms with van der Waals surface area (Å²) in [5.41, 5.74) is 2.69. The summed E-state index contributed by atoms with van der Waals surface area (Å²) < 4.78 is 0. The molecule has 92 valence electrons. The van der Waals surface area contributed by atoms with Gasteiger partial charge in [-0.25, -0.2) is 0 Å². The third-order valence-corrected chi connectivity index (χ3v) is 2.92. The largest absolute Gasteiger partial charge is 0.381 e. The normalized spacial score (nSPS) is 12.1. The molecule has 2 rings (SSSR count). The lowest BCUT2D eigenvalue weighted by Crippen LogP contribution is -2.14. The van der Waals surface area contributed by atoms with Crippen molar-refractivity contribution >= 4 is 5.78 Å². The van der Waals surface area contributed by atoms with Crippen LogP contribution >= 0.6 is 0 Å². The molecule has 2 aromatic carbocycles. The molecule has 18 heavy (non-hydrogen) atoms. The summed E-state index contributed by atoms with van der Waals surface area (Å²) >= 11 is 0. The van der Waals surface area contributed by atoms with Crippen molar-refractivity contribution in [2.75, 3.05) is 0 Å². The molecule has 2 heteroatoms. The van der Waals surface area contributed by atoms with Crippen LogP contribution in [0.4, 0.5) is 0 Å². The van der Waals surface area contributed by atoms with Gasteiger partial charge in [0.25, 0.3) is 0 Å². The van der Waals surface area contributed by atoms with Crippen LogP contribution in [0.1, 0.15) is 22.8 Å². The quantitative estimate of drug-likeness (QED) is 0.892. The molecule has 0 aliphatic rings. The summed E-state index contributed by atoms with van der Waals surface area (Å²) in [7, 11) is 0. The summed E-state index contributed by atoms with van der Waals surface area (Å²) in [5.74, 6) is -0.176. The maximum atomic E-state index is 11.9. The van der Waals surface area contributed by atoms with E-state index >= 15 is 0 Å². The van der Waals surface area contributed by atoms with E-state index in [2.05, 4.69) is 0 Å². The Labute approximate surface area is 107 Å². The number of aliphatic hydroxyl groups is 1. The molecule has 0 amide bonds. The number of aliphatic hydroxyl groups excluding tert-OH is 1. The molecule has 1 N–H and O–H groups in total. The minimum absolute atomic E-state index is 0.176. The van der Waals surface area contributed by atoms with Crippen molar-refractivity contribution < 1.29 is 9.90 Å². The molecule has 0 unspecified atom stereocenters. The third kappa shape index (κ3) is 3.05. The zero-order valence-corrected chi connectivity index (χ0v) is 10.3. The fraction of sp³-hybridized carbons (Fsp3) is 0.188. The van der Waals surface area contributed by atoms with Crippen molar-refractivity contribution in [2.24, 2.45) is 0 Å². The molecule has 0 fully saturated rings. The standard InChI is InChI=1S/C16H16O2/c1-12-7-9-14(10-8-12)16(18)15(17)11-13-5-3-2-4-6-13/h2-10,16,18H,11H2,1H3/t16-/m1/s1. The van der Waals surface area contributed by atoms with Gasteiger partial charge >= 0.3 is 0 Å². The number of Topliss-reactive ketones (excluding diaryl/α,β-unsaturated/α-hetero) is 1. The highest BCUT2D eigenvalue weighted by Crippen LogP contribution is 2.16. The van der Waals surface area contributed by atoms with E-state index in [0.717, 1.165) is 11.1 Å². The Balaban J connectivity index is 2.07. The van der Waals surface area contributed by atoms with Gasteiger partial charge in [0.15, 0.2) is 5.78 Å². The lowest BCUT2D eigenvalue weighted by atomic mass is 9.99. The maximum absolute atomic E-state index is 11.9. The molecular formula is C16H16O2. The third-order valence-electron chi connectivity index (χ3n) is 2.92. The summed E-state index contributed by atoms with van der Waals surface area (Å²) in [4.78, 5) is 11.9. The molecule has 0 radical (unpaired) electrons. The lowest BCUT2D eigenvalue weighted by Gasteiger charge is -2.10. The lowest BCUT2D eigenvalue weighted by molar-refractivity contribution is -0.126. The zero-order valence-electron chi connectivity index (χ0n) is 10.3. The van der Waals surface area contributed by atoms with Gasteiger partial charge in [-0.05, 0) is 18.1 Å². The predicted octanol–water partition coefficient (Wildman–Crippen LogP) is 2.84. The van der Waals surface area contributed by atoms with Crippen molar-refractivity contribution in [2.45, 2.75) is 19.4 Å². The van der Waals surface area contributed by atoms with Gasteiger partial charge in [-0.15, -0.1) is 0 Å². The summed E-state index contributed by atoms with van der Waals surface area (Å²) in [5, 5.41) is 9.99. The average Bonchev–Trinajstić information content (AvgIpc) is 2.40. The minimum Gasteiger partial charge on any atom is -0.381 e. The molecule has 0 saturated carbocycles. The number of carbonyl (C=O) groups is 1. The molecule has 0 aliphatic heterocycles. The van der Waals surface area contributed by atoms with Crippen molar-refractivity contribution in [3.63, 3.8) is 0 Å². The van der Waals surface area contributed by atoms with Crippen molar-refractivity contribution in [3.8, 4) is 0 Å². The van der Waals surface area contributed by atoms with Crippen LogP contribution in [0.25, 0.3) is 0 Å². The van der Waals surface area contributed by atoms with Crippen LogP contribution < -0.4 is 0 Å².